The van der Waals surface area contributed by atoms with E-state index in [4.69, 9.17) is 27.9 Å². The molecule has 2 fully saturated rings. The molecule has 0 aliphatic heterocycles. The van der Waals surface area contributed by atoms with Crippen LogP contribution in [0, 0.1) is 12.8 Å². The van der Waals surface area contributed by atoms with Gasteiger partial charge in [0.2, 0.25) is 0 Å². The maximum Gasteiger partial charge on any atom is 0.140 e. The van der Waals surface area contributed by atoms with Gasteiger partial charge in [0.05, 0.1) is 35.4 Å². The largest absolute Gasteiger partial charge is 0.489 e. The second-order valence-electron chi connectivity index (χ2n) is 8.73. The van der Waals surface area contributed by atoms with E-state index >= 15 is 0 Å². The van der Waals surface area contributed by atoms with E-state index in [9.17, 15) is 0 Å². The van der Waals surface area contributed by atoms with Crippen molar-refractivity contribution in [3.8, 4) is 5.75 Å². The highest BCUT2D eigenvalue weighted by atomic mass is 16.5. The van der Waals surface area contributed by atoms with Crippen LogP contribution in [0.15, 0.2) is 22.9 Å². The van der Waals surface area contributed by atoms with Gasteiger partial charge in [-0.2, -0.15) is 0 Å². The van der Waals surface area contributed by atoms with Crippen LogP contribution in [-0.2, 0) is 0 Å². The average molecular weight is 431 g/mol. The molecule has 1 heterocycles. The minimum Gasteiger partial charge on any atom is -0.489 e. The first kappa shape index (κ1) is 23.1. The van der Waals surface area contributed by atoms with Crippen molar-refractivity contribution in [1.82, 2.24) is 15.1 Å². The Kier molecular flexibility index (Phi) is 7.97. The average Bonchev–Trinajstić information content (AvgIpc) is 3.29. The number of pyridine rings is 1. The van der Waals surface area contributed by atoms with Gasteiger partial charge in [-0.1, -0.05) is 19.3 Å². The van der Waals surface area contributed by atoms with Crippen LogP contribution in [0.2, 0.25) is 0 Å². The minimum absolute atomic E-state index is 0.216. The molecule has 172 valence electrons. The molecule has 0 saturated heterocycles. The quantitative estimate of drug-likeness (QED) is 0.212. The maximum absolute atomic E-state index is 6.44. The van der Waals surface area contributed by atoms with Crippen molar-refractivity contribution in [3.05, 3.63) is 29.2 Å². The lowest BCUT2D eigenvalue weighted by atomic mass is 9.98. The molecule has 0 radical (unpaired) electrons. The summed E-state index contributed by atoms with van der Waals surface area (Å²) in [5.74, 6) is 13.8. The summed E-state index contributed by atoms with van der Waals surface area (Å²) in [5, 5.41) is 7.09. The molecule has 3 rings (SSSR count). The number of ether oxygens (including phenoxy) is 1. The number of hydrazine groups is 2. The summed E-state index contributed by atoms with van der Waals surface area (Å²) < 4.78 is 6.17. The molecule has 0 aromatic carbocycles. The molecule has 2 aliphatic rings. The van der Waals surface area contributed by atoms with E-state index in [0.717, 1.165) is 37.1 Å². The first-order valence-electron chi connectivity index (χ1n) is 11.3. The summed E-state index contributed by atoms with van der Waals surface area (Å²) in [7, 11) is 1.72. The molecule has 1 aromatic heterocycles. The zero-order chi connectivity index (χ0) is 22.4. The molecular formula is C22H38N8O. The smallest absolute Gasteiger partial charge is 0.140 e. The van der Waals surface area contributed by atoms with Crippen molar-refractivity contribution in [3.63, 3.8) is 0 Å². The van der Waals surface area contributed by atoms with Crippen molar-refractivity contribution in [2.45, 2.75) is 70.8 Å². The van der Waals surface area contributed by atoms with Crippen molar-refractivity contribution in [2.24, 2.45) is 34.2 Å². The van der Waals surface area contributed by atoms with Crippen LogP contribution in [0.3, 0.4) is 0 Å². The third-order valence-corrected chi connectivity index (χ3v) is 6.22. The number of nitrogens with zero attached hydrogens (tertiary/aromatic N) is 4. The monoisotopic (exact) mass is 430 g/mol. The van der Waals surface area contributed by atoms with Gasteiger partial charge in [0, 0.05) is 13.0 Å². The van der Waals surface area contributed by atoms with Gasteiger partial charge in [0.1, 0.15) is 11.6 Å². The first-order valence-corrected chi connectivity index (χ1v) is 11.3. The topological polar surface area (TPSA) is 145 Å². The second kappa shape index (κ2) is 10.7. The number of likely N-dealkylation sites (N-methyl/N-ethyl adjacent to an activating group) is 1. The number of aromatic nitrogens is 1. The van der Waals surface area contributed by atoms with Crippen molar-refractivity contribution >= 4 is 11.5 Å². The summed E-state index contributed by atoms with van der Waals surface area (Å²) in [5.41, 5.74) is 15.1. The molecule has 1 aromatic rings. The molecule has 0 unspecified atom stereocenters. The predicted octanol–water partition coefficient (Wildman–Crippen LogP) is 2.17. The molecule has 8 N–H and O–H groups in total. The number of hydrogen-bond acceptors (Lipinski definition) is 8. The highest BCUT2D eigenvalue weighted by Gasteiger charge is 2.21. The standard InChI is InChI=1S/C22H38N8O/c1-15-20(31-17-10-4-3-5-11-17)13-12-18(27-15)21(23)19(29(2)25)14-30(26)28-22(24)16-8-6-7-9-16/h12-13,16-17H,3-11,14,23,25-26H2,1-2H3,(H2,24,28)/b21-19-. The van der Waals surface area contributed by atoms with Crippen molar-refractivity contribution in [1.29, 1.82) is 0 Å². The summed E-state index contributed by atoms with van der Waals surface area (Å²) in [6.07, 6.45) is 10.7. The van der Waals surface area contributed by atoms with Crippen LogP contribution in [0.5, 0.6) is 5.75 Å². The molecule has 2 aliphatic carbocycles. The lowest BCUT2D eigenvalue weighted by Gasteiger charge is -2.25. The molecule has 9 nitrogen and oxygen atoms in total. The zero-order valence-corrected chi connectivity index (χ0v) is 18.9. The first-order chi connectivity index (χ1) is 14.8. The number of aryl methyl sites for hydroxylation is 1. The number of hydrogen-bond donors (Lipinski definition) is 4. The van der Waals surface area contributed by atoms with Crippen LogP contribution in [0.1, 0.15) is 69.2 Å². The Morgan fingerprint density at radius 3 is 2.32 bits per heavy atom. The maximum atomic E-state index is 6.44. The van der Waals surface area contributed by atoms with Crippen LogP contribution in [-0.4, -0.2) is 40.6 Å². The highest BCUT2D eigenvalue weighted by Crippen LogP contribution is 2.27. The Morgan fingerprint density at radius 2 is 1.71 bits per heavy atom. The fraction of sp³-hybridized carbons (Fsp3) is 0.636. The van der Waals surface area contributed by atoms with Crippen molar-refractivity contribution < 1.29 is 4.74 Å². The molecule has 2 saturated carbocycles. The van der Waals surface area contributed by atoms with Gasteiger partial charge in [-0.25, -0.2) is 21.8 Å². The van der Waals surface area contributed by atoms with Crippen LogP contribution < -0.4 is 27.9 Å². The molecule has 0 amide bonds. The van der Waals surface area contributed by atoms with E-state index in [2.05, 4.69) is 10.1 Å². The molecule has 31 heavy (non-hydrogen) atoms. The fourth-order valence-corrected chi connectivity index (χ4v) is 4.36. The van der Waals surface area contributed by atoms with E-state index in [0.29, 0.717) is 28.8 Å². The second-order valence-corrected chi connectivity index (χ2v) is 8.73. The summed E-state index contributed by atoms with van der Waals surface area (Å²) in [6.45, 7) is 2.15. The normalized spacial score (nSPS) is 19.3. The van der Waals surface area contributed by atoms with Crippen LogP contribution >= 0.6 is 0 Å². The predicted molar refractivity (Wildman–Crippen MR) is 124 cm³/mol. The van der Waals surface area contributed by atoms with Gasteiger partial charge in [-0.15, -0.1) is 5.10 Å². The summed E-state index contributed by atoms with van der Waals surface area (Å²) >= 11 is 0. The fourth-order valence-electron chi connectivity index (χ4n) is 4.36. The van der Waals surface area contributed by atoms with E-state index in [1.807, 2.05) is 19.1 Å². The Morgan fingerprint density at radius 1 is 1.06 bits per heavy atom. The number of rotatable bonds is 8. The lowest BCUT2D eigenvalue weighted by molar-refractivity contribution is 0.153. The minimum atomic E-state index is 0.216. The van der Waals surface area contributed by atoms with Gasteiger partial charge in [-0.3, -0.25) is 0 Å². The van der Waals surface area contributed by atoms with E-state index < -0.39 is 0 Å². The van der Waals surface area contributed by atoms with Crippen molar-refractivity contribution in [2.75, 3.05) is 13.6 Å². The number of amidine groups is 1. The zero-order valence-electron chi connectivity index (χ0n) is 18.9. The van der Waals surface area contributed by atoms with E-state index in [1.54, 1.807) is 7.05 Å². The third-order valence-electron chi connectivity index (χ3n) is 6.22. The Balaban J connectivity index is 1.73. The molecular weight excluding hydrogens is 392 g/mol. The molecule has 0 atom stereocenters. The van der Waals surface area contributed by atoms with E-state index in [-0.39, 0.29) is 12.6 Å². The van der Waals surface area contributed by atoms with E-state index in [1.165, 1.54) is 42.2 Å². The Hall–Kier alpha value is -2.52. The van der Waals surface area contributed by atoms with Crippen LogP contribution in [0.4, 0.5) is 0 Å². The SMILES string of the molecule is Cc1nc(/C(N)=C(\CN(N)/N=C(\N)C2CCCC2)N(C)N)ccc1OC1CCCCC1. The number of hydrazone groups is 1. The Bertz CT molecular complexity index is 795. The molecule has 0 spiro atoms. The summed E-state index contributed by atoms with van der Waals surface area (Å²) in [4.78, 5) is 4.66. The van der Waals surface area contributed by atoms with Crippen LogP contribution in [0.25, 0.3) is 5.70 Å². The lowest BCUT2D eigenvalue weighted by Crippen LogP contribution is -2.39. The number of nitrogens with two attached hydrogens (primary N) is 4. The highest BCUT2D eigenvalue weighted by molar-refractivity contribution is 5.82. The third kappa shape index (κ3) is 6.24. The van der Waals surface area contributed by atoms with Gasteiger partial charge < -0.3 is 21.2 Å². The Labute approximate surface area is 185 Å². The molecule has 9 heteroatoms. The van der Waals surface area contributed by atoms with Gasteiger partial charge in [0.15, 0.2) is 0 Å². The van der Waals surface area contributed by atoms with Gasteiger partial charge in [-0.05, 0) is 57.6 Å². The summed E-state index contributed by atoms with van der Waals surface area (Å²) in [6, 6.07) is 3.80. The van der Waals surface area contributed by atoms with Gasteiger partial charge >= 0.3 is 0 Å². The molecule has 0 bridgehead atoms. The van der Waals surface area contributed by atoms with Gasteiger partial charge in [0.25, 0.3) is 0 Å².